The van der Waals surface area contributed by atoms with Crippen molar-refractivity contribution in [2.24, 2.45) is 14.1 Å². The quantitative estimate of drug-likeness (QED) is 0.367. The minimum atomic E-state index is -0.522. The fourth-order valence-corrected chi connectivity index (χ4v) is 4.24. The third kappa shape index (κ3) is 4.09. The molecule has 0 fully saturated rings. The van der Waals surface area contributed by atoms with E-state index in [1.54, 1.807) is 12.1 Å². The molecule has 10 heteroatoms. The first-order chi connectivity index (χ1) is 15.2. The van der Waals surface area contributed by atoms with Gasteiger partial charge in [-0.1, -0.05) is 17.8 Å². The summed E-state index contributed by atoms with van der Waals surface area (Å²) < 4.78 is 7.67. The first kappa shape index (κ1) is 21.6. The number of hydrogen-bond acceptors (Lipinski definition) is 7. The van der Waals surface area contributed by atoms with Crippen molar-refractivity contribution >= 4 is 34.4 Å². The van der Waals surface area contributed by atoms with Crippen LogP contribution in [0, 0.1) is 13.8 Å². The van der Waals surface area contributed by atoms with Crippen LogP contribution in [0.2, 0.25) is 0 Å². The number of aryl methyl sites for hydroxylation is 3. The minimum absolute atomic E-state index is 0.0166. The largest absolute Gasteiger partial charge is 0.461 e. The van der Waals surface area contributed by atoms with Gasteiger partial charge in [0.2, 0.25) is 5.91 Å². The van der Waals surface area contributed by atoms with Gasteiger partial charge in [0.05, 0.1) is 12.0 Å². The van der Waals surface area contributed by atoms with E-state index in [0.717, 1.165) is 27.5 Å². The highest BCUT2D eigenvalue weighted by Gasteiger charge is 2.20. The summed E-state index contributed by atoms with van der Waals surface area (Å²) in [7, 11) is 2.93. The lowest BCUT2D eigenvalue weighted by molar-refractivity contribution is -0.113. The number of rotatable bonds is 5. The second-order valence-corrected chi connectivity index (χ2v) is 8.41. The topological polar surface area (TPSA) is 112 Å². The van der Waals surface area contributed by atoms with Crippen molar-refractivity contribution in [3.63, 3.8) is 0 Å². The predicted octanol–water partition coefficient (Wildman–Crippen LogP) is 2.63. The molecular weight excluding hydrogens is 430 g/mol. The van der Waals surface area contributed by atoms with Crippen LogP contribution in [0.3, 0.4) is 0 Å². The molecule has 1 N–H and O–H groups in total. The van der Waals surface area contributed by atoms with Crippen LogP contribution in [-0.4, -0.2) is 30.8 Å². The second-order valence-electron chi connectivity index (χ2n) is 7.45. The summed E-state index contributed by atoms with van der Waals surface area (Å²) in [4.78, 5) is 46.7. The number of amides is 1. The van der Waals surface area contributed by atoms with Crippen molar-refractivity contribution in [2.45, 2.75) is 18.9 Å². The maximum atomic E-state index is 12.9. The molecule has 32 heavy (non-hydrogen) atoms. The Bertz CT molecular complexity index is 1430. The van der Waals surface area contributed by atoms with E-state index in [1.807, 2.05) is 32.0 Å². The third-order valence-electron chi connectivity index (χ3n) is 4.85. The summed E-state index contributed by atoms with van der Waals surface area (Å²) in [5, 5.41) is 3.34. The van der Waals surface area contributed by atoms with Crippen LogP contribution >= 0.6 is 11.8 Å². The Kier molecular flexibility index (Phi) is 5.70. The standard InChI is InChI=1S/C22H21N5O4S/c1-12-8-13(2)10-14(9-12)23-16(28)11-32-20-17-19(26(3)22(30)27(4)21(17)29)24-18(25-20)15-6-5-7-31-15/h5-10H,11H2,1-4H3,(H,23,28). The molecule has 1 aromatic carbocycles. The van der Waals surface area contributed by atoms with E-state index in [1.165, 1.54) is 24.9 Å². The Labute approximate surface area is 187 Å². The minimum Gasteiger partial charge on any atom is -0.461 e. The number of hydrogen-bond donors (Lipinski definition) is 1. The zero-order valence-corrected chi connectivity index (χ0v) is 18.8. The smallest absolute Gasteiger partial charge is 0.332 e. The van der Waals surface area contributed by atoms with Gasteiger partial charge in [0.25, 0.3) is 5.56 Å². The molecule has 3 aromatic heterocycles. The highest BCUT2D eigenvalue weighted by atomic mass is 32.2. The lowest BCUT2D eigenvalue weighted by Gasteiger charge is -2.11. The molecule has 0 bridgehead atoms. The van der Waals surface area contributed by atoms with E-state index in [2.05, 4.69) is 15.3 Å². The number of aromatic nitrogens is 4. The number of carbonyl (C=O) groups is 1. The summed E-state index contributed by atoms with van der Waals surface area (Å²) >= 11 is 1.10. The van der Waals surface area contributed by atoms with Crippen LogP contribution in [0.4, 0.5) is 5.69 Å². The molecule has 4 aromatic rings. The molecule has 9 nitrogen and oxygen atoms in total. The van der Waals surface area contributed by atoms with Crippen molar-refractivity contribution in [2.75, 3.05) is 11.1 Å². The first-order valence-electron chi connectivity index (χ1n) is 9.77. The van der Waals surface area contributed by atoms with Crippen molar-refractivity contribution in [3.05, 3.63) is 68.6 Å². The van der Waals surface area contributed by atoms with Crippen LogP contribution in [-0.2, 0) is 18.9 Å². The van der Waals surface area contributed by atoms with Crippen LogP contribution in [0.1, 0.15) is 11.1 Å². The average molecular weight is 452 g/mol. The first-order valence-corrected chi connectivity index (χ1v) is 10.8. The van der Waals surface area contributed by atoms with Gasteiger partial charge in [-0.3, -0.25) is 18.7 Å². The lowest BCUT2D eigenvalue weighted by Crippen LogP contribution is -2.37. The number of nitrogens with one attached hydrogen (secondary N) is 1. The number of carbonyl (C=O) groups excluding carboxylic acids is 1. The molecule has 0 aliphatic rings. The zero-order valence-electron chi connectivity index (χ0n) is 18.0. The van der Waals surface area contributed by atoms with E-state index in [9.17, 15) is 14.4 Å². The third-order valence-corrected chi connectivity index (χ3v) is 5.83. The van der Waals surface area contributed by atoms with Gasteiger partial charge in [-0.25, -0.2) is 14.8 Å². The molecule has 1 amide bonds. The molecule has 0 atom stereocenters. The lowest BCUT2D eigenvalue weighted by atomic mass is 10.1. The van der Waals surface area contributed by atoms with Crippen LogP contribution in [0.5, 0.6) is 0 Å². The Hall–Kier alpha value is -3.66. The highest BCUT2D eigenvalue weighted by molar-refractivity contribution is 8.00. The fourth-order valence-electron chi connectivity index (χ4n) is 3.43. The van der Waals surface area contributed by atoms with Crippen LogP contribution < -0.4 is 16.6 Å². The van der Waals surface area contributed by atoms with Gasteiger partial charge in [-0.15, -0.1) is 0 Å². The molecular formula is C22H21N5O4S. The molecule has 0 radical (unpaired) electrons. The summed E-state index contributed by atoms with van der Waals surface area (Å²) in [5.41, 5.74) is 1.94. The van der Waals surface area contributed by atoms with Crippen molar-refractivity contribution in [1.29, 1.82) is 0 Å². The van der Waals surface area contributed by atoms with E-state index >= 15 is 0 Å². The number of thioether (sulfide) groups is 1. The van der Waals surface area contributed by atoms with Crippen molar-refractivity contribution < 1.29 is 9.21 Å². The second kappa shape index (κ2) is 8.46. The van der Waals surface area contributed by atoms with E-state index in [4.69, 9.17) is 4.42 Å². The zero-order chi connectivity index (χ0) is 23.0. The van der Waals surface area contributed by atoms with Crippen LogP contribution in [0.15, 0.2) is 55.6 Å². The molecule has 164 valence electrons. The number of furan rings is 1. The SMILES string of the molecule is Cc1cc(C)cc(NC(=O)CSc2nc(-c3ccco3)nc3c2c(=O)n(C)c(=O)n3C)c1. The summed E-state index contributed by atoms with van der Waals surface area (Å²) in [6.45, 7) is 3.92. The van der Waals surface area contributed by atoms with Gasteiger partial charge < -0.3 is 9.73 Å². The molecule has 0 aliphatic heterocycles. The molecule has 0 saturated carbocycles. The normalized spacial score (nSPS) is 11.1. The van der Waals surface area contributed by atoms with E-state index in [-0.39, 0.29) is 28.5 Å². The Morgan fingerprint density at radius 2 is 1.81 bits per heavy atom. The van der Waals surface area contributed by atoms with Crippen LogP contribution in [0.25, 0.3) is 22.6 Å². The van der Waals surface area contributed by atoms with Gasteiger partial charge >= 0.3 is 5.69 Å². The molecule has 0 saturated heterocycles. The molecule has 0 unspecified atom stereocenters. The Morgan fingerprint density at radius 3 is 2.47 bits per heavy atom. The van der Waals surface area contributed by atoms with E-state index in [0.29, 0.717) is 16.5 Å². The maximum Gasteiger partial charge on any atom is 0.332 e. The predicted molar refractivity (Wildman–Crippen MR) is 123 cm³/mol. The Morgan fingerprint density at radius 1 is 1.09 bits per heavy atom. The molecule has 0 aliphatic carbocycles. The highest BCUT2D eigenvalue weighted by Crippen LogP contribution is 2.26. The summed E-state index contributed by atoms with van der Waals surface area (Å²) in [5.74, 6) is 0.389. The number of fused-ring (bicyclic) bond motifs is 1. The van der Waals surface area contributed by atoms with Gasteiger partial charge in [-0.05, 0) is 49.2 Å². The average Bonchev–Trinajstić information content (AvgIpc) is 3.28. The van der Waals surface area contributed by atoms with Gasteiger partial charge in [0, 0.05) is 19.8 Å². The summed E-state index contributed by atoms with van der Waals surface area (Å²) in [6.07, 6.45) is 1.48. The van der Waals surface area contributed by atoms with E-state index < -0.39 is 11.2 Å². The van der Waals surface area contributed by atoms with Crippen molar-refractivity contribution in [3.8, 4) is 11.6 Å². The van der Waals surface area contributed by atoms with Crippen molar-refractivity contribution in [1.82, 2.24) is 19.1 Å². The molecule has 0 spiro atoms. The molecule has 4 rings (SSSR count). The van der Waals surface area contributed by atoms with Gasteiger partial charge in [0.15, 0.2) is 17.2 Å². The monoisotopic (exact) mass is 451 g/mol. The maximum absolute atomic E-state index is 12.9. The van der Waals surface area contributed by atoms with Gasteiger partial charge in [-0.2, -0.15) is 0 Å². The fraction of sp³-hybridized carbons (Fsp3) is 0.227. The number of benzene rings is 1. The Balaban J connectivity index is 1.73. The van der Waals surface area contributed by atoms with Gasteiger partial charge in [0.1, 0.15) is 10.4 Å². The molecule has 3 heterocycles. The number of anilines is 1. The number of nitrogens with zero attached hydrogens (tertiary/aromatic N) is 4. The summed E-state index contributed by atoms with van der Waals surface area (Å²) in [6, 6.07) is 9.16.